The molecule has 2 N–H and O–H groups in total. The first-order valence-electron chi connectivity index (χ1n) is 15.1. The third-order valence-electron chi connectivity index (χ3n) is 7.62. The number of thioether (sulfide) groups is 1. The number of carbonyl (C=O) groups is 2. The number of amides is 2. The number of rotatable bonds is 14. The van der Waals surface area contributed by atoms with E-state index in [1.54, 1.807) is 19.4 Å². The number of hydrogen-bond donors (Lipinski definition) is 2. The molecule has 3 aromatic rings. The summed E-state index contributed by atoms with van der Waals surface area (Å²) in [6, 6.07) is 20.7. The predicted molar refractivity (Wildman–Crippen MR) is 179 cm³/mol. The van der Waals surface area contributed by atoms with Gasteiger partial charge in [0.2, 0.25) is 0 Å². The highest BCUT2D eigenvalue weighted by molar-refractivity contribution is 7.98. The van der Waals surface area contributed by atoms with Gasteiger partial charge in [-0.2, -0.15) is 16.9 Å². The summed E-state index contributed by atoms with van der Waals surface area (Å²) >= 11 is 1.87. The molecule has 0 aromatic heterocycles. The SMILES string of the molecule is CCN(CC)CCSCc1cccc(C(=O)Nc2ccc(N3CCCCC3)cc2C(=O)N/N=C/c2ccc(OC)cc2)c1. The first-order valence-corrected chi connectivity index (χ1v) is 16.2. The first-order chi connectivity index (χ1) is 21.0. The van der Waals surface area contributed by atoms with Crippen LogP contribution >= 0.6 is 11.8 Å². The van der Waals surface area contributed by atoms with Gasteiger partial charge >= 0.3 is 0 Å². The Bertz CT molecular complexity index is 1370. The zero-order chi connectivity index (χ0) is 30.4. The summed E-state index contributed by atoms with van der Waals surface area (Å²) < 4.78 is 5.20. The second-order valence-corrected chi connectivity index (χ2v) is 11.6. The molecule has 0 unspecified atom stereocenters. The lowest BCUT2D eigenvalue weighted by atomic mass is 10.1. The van der Waals surface area contributed by atoms with E-state index in [0.717, 1.165) is 79.6 Å². The van der Waals surface area contributed by atoms with Crippen molar-refractivity contribution >= 4 is 41.2 Å². The van der Waals surface area contributed by atoms with E-state index in [-0.39, 0.29) is 5.91 Å². The number of methoxy groups -OCH3 is 1. The molecule has 9 heteroatoms. The maximum Gasteiger partial charge on any atom is 0.273 e. The molecule has 0 saturated carbocycles. The zero-order valence-corrected chi connectivity index (χ0v) is 26.3. The Kier molecular flexibility index (Phi) is 12.5. The lowest BCUT2D eigenvalue weighted by Gasteiger charge is -2.29. The molecule has 2 amide bonds. The molecule has 228 valence electrons. The van der Waals surface area contributed by atoms with Crippen LogP contribution in [0.3, 0.4) is 0 Å². The van der Waals surface area contributed by atoms with E-state index >= 15 is 0 Å². The fraction of sp³-hybridized carbons (Fsp3) is 0.382. The Hall–Kier alpha value is -3.82. The van der Waals surface area contributed by atoms with Crippen LogP contribution in [0.4, 0.5) is 11.4 Å². The highest BCUT2D eigenvalue weighted by Gasteiger charge is 2.19. The monoisotopic (exact) mass is 601 g/mol. The van der Waals surface area contributed by atoms with Gasteiger partial charge < -0.3 is 19.9 Å². The third-order valence-corrected chi connectivity index (χ3v) is 8.63. The van der Waals surface area contributed by atoms with Crippen LogP contribution in [0.1, 0.15) is 65.0 Å². The molecule has 0 bridgehead atoms. The number of anilines is 2. The molecule has 0 aliphatic carbocycles. The Balaban J connectivity index is 1.47. The topological polar surface area (TPSA) is 86.3 Å². The average Bonchev–Trinajstić information content (AvgIpc) is 3.05. The minimum Gasteiger partial charge on any atom is -0.497 e. The van der Waals surface area contributed by atoms with Crippen molar-refractivity contribution in [3.05, 3.63) is 89.0 Å². The van der Waals surface area contributed by atoms with Crippen molar-refractivity contribution in [1.29, 1.82) is 0 Å². The van der Waals surface area contributed by atoms with Gasteiger partial charge in [0.05, 0.1) is 24.6 Å². The number of ether oxygens (including phenoxy) is 1. The number of hydrazone groups is 1. The Morgan fingerprint density at radius 3 is 2.47 bits per heavy atom. The van der Waals surface area contributed by atoms with Crippen LogP contribution in [0.2, 0.25) is 0 Å². The normalized spacial score (nSPS) is 13.3. The quantitative estimate of drug-likeness (QED) is 0.129. The fourth-order valence-corrected chi connectivity index (χ4v) is 5.96. The van der Waals surface area contributed by atoms with Gasteiger partial charge in [-0.05, 0) is 98.1 Å². The van der Waals surface area contributed by atoms with Gasteiger partial charge in [-0.3, -0.25) is 9.59 Å². The molecular weight excluding hydrogens is 558 g/mol. The van der Waals surface area contributed by atoms with Gasteiger partial charge in [0.25, 0.3) is 11.8 Å². The van der Waals surface area contributed by atoms with Crippen molar-refractivity contribution < 1.29 is 14.3 Å². The fourth-order valence-electron chi connectivity index (χ4n) is 5.01. The summed E-state index contributed by atoms with van der Waals surface area (Å²) in [5.74, 6) is 1.98. The van der Waals surface area contributed by atoms with Gasteiger partial charge in [-0.25, -0.2) is 5.43 Å². The molecule has 1 saturated heterocycles. The minimum absolute atomic E-state index is 0.253. The standard InChI is InChI=1S/C34H43N5O3S/c1-4-38(5-2)20-21-43-25-27-10-9-11-28(22-27)33(40)36-32-17-14-29(39-18-7-6-8-19-39)23-31(32)34(41)37-35-24-26-12-15-30(42-3)16-13-26/h9-17,22-24H,4-8,18-21,25H2,1-3H3,(H,36,40)(H,37,41)/b35-24+. The van der Waals surface area contributed by atoms with Gasteiger partial charge in [-0.15, -0.1) is 0 Å². The van der Waals surface area contributed by atoms with Crippen LogP contribution in [-0.4, -0.2) is 68.5 Å². The summed E-state index contributed by atoms with van der Waals surface area (Å²) in [6.07, 6.45) is 5.04. The molecule has 8 nitrogen and oxygen atoms in total. The summed E-state index contributed by atoms with van der Waals surface area (Å²) in [4.78, 5) is 31.4. The maximum absolute atomic E-state index is 13.4. The van der Waals surface area contributed by atoms with E-state index < -0.39 is 5.91 Å². The molecule has 0 spiro atoms. The van der Waals surface area contributed by atoms with E-state index in [4.69, 9.17) is 4.74 Å². The summed E-state index contributed by atoms with van der Waals surface area (Å²) in [6.45, 7) is 9.43. The van der Waals surface area contributed by atoms with Crippen LogP contribution in [0.15, 0.2) is 71.8 Å². The summed E-state index contributed by atoms with van der Waals surface area (Å²) in [7, 11) is 1.61. The van der Waals surface area contributed by atoms with Gasteiger partial charge in [0.15, 0.2) is 0 Å². The van der Waals surface area contributed by atoms with Crippen LogP contribution in [0.25, 0.3) is 0 Å². The first kappa shape index (κ1) is 32.1. The van der Waals surface area contributed by atoms with Crippen LogP contribution in [-0.2, 0) is 5.75 Å². The van der Waals surface area contributed by atoms with Crippen molar-refractivity contribution in [3.63, 3.8) is 0 Å². The maximum atomic E-state index is 13.4. The van der Waals surface area contributed by atoms with E-state index in [1.807, 2.05) is 72.4 Å². The molecule has 4 rings (SSSR count). The third kappa shape index (κ3) is 9.59. The zero-order valence-electron chi connectivity index (χ0n) is 25.5. The van der Waals surface area contributed by atoms with Crippen molar-refractivity contribution in [2.75, 3.05) is 55.8 Å². The lowest BCUT2D eigenvalue weighted by Crippen LogP contribution is -2.30. The van der Waals surface area contributed by atoms with Crippen LogP contribution in [0.5, 0.6) is 5.75 Å². The summed E-state index contributed by atoms with van der Waals surface area (Å²) in [5.41, 5.74) is 6.90. The van der Waals surface area contributed by atoms with Crippen molar-refractivity contribution in [2.24, 2.45) is 5.10 Å². The van der Waals surface area contributed by atoms with E-state index in [9.17, 15) is 9.59 Å². The molecule has 0 atom stereocenters. The second kappa shape index (κ2) is 16.7. The molecule has 0 radical (unpaired) electrons. The molecule has 1 heterocycles. The number of benzene rings is 3. The molecule has 3 aromatic carbocycles. The van der Waals surface area contributed by atoms with Crippen molar-refractivity contribution in [3.8, 4) is 5.75 Å². The number of nitrogens with one attached hydrogen (secondary N) is 2. The smallest absolute Gasteiger partial charge is 0.273 e. The molecule has 1 aliphatic heterocycles. The van der Waals surface area contributed by atoms with Gasteiger partial charge in [0.1, 0.15) is 5.75 Å². The number of piperidine rings is 1. The average molecular weight is 602 g/mol. The predicted octanol–water partition coefficient (Wildman–Crippen LogP) is 6.28. The van der Waals surface area contributed by atoms with Crippen molar-refractivity contribution in [2.45, 2.75) is 38.9 Å². The highest BCUT2D eigenvalue weighted by Crippen LogP contribution is 2.27. The summed E-state index contributed by atoms with van der Waals surface area (Å²) in [5, 5.41) is 7.15. The molecule has 1 aliphatic rings. The number of carbonyl (C=O) groups excluding carboxylic acids is 2. The Labute approximate surface area is 259 Å². The van der Waals surface area contributed by atoms with E-state index in [0.29, 0.717) is 16.8 Å². The Morgan fingerprint density at radius 2 is 1.74 bits per heavy atom. The van der Waals surface area contributed by atoms with Crippen molar-refractivity contribution in [1.82, 2.24) is 10.3 Å². The Morgan fingerprint density at radius 1 is 0.977 bits per heavy atom. The molecular formula is C34H43N5O3S. The minimum atomic E-state index is -0.391. The van der Waals surface area contributed by atoms with Crippen LogP contribution < -0.4 is 20.4 Å². The van der Waals surface area contributed by atoms with Gasteiger partial charge in [-0.1, -0.05) is 26.0 Å². The van der Waals surface area contributed by atoms with Crippen LogP contribution in [0, 0.1) is 0 Å². The van der Waals surface area contributed by atoms with E-state index in [1.165, 1.54) is 6.42 Å². The van der Waals surface area contributed by atoms with Gasteiger partial charge in [0, 0.05) is 42.4 Å². The largest absolute Gasteiger partial charge is 0.497 e. The van der Waals surface area contributed by atoms with E-state index in [2.05, 4.69) is 39.5 Å². The number of nitrogens with zero attached hydrogens (tertiary/aromatic N) is 3. The molecule has 43 heavy (non-hydrogen) atoms. The highest BCUT2D eigenvalue weighted by atomic mass is 32.2. The lowest BCUT2D eigenvalue weighted by molar-refractivity contribution is 0.0956. The molecule has 1 fully saturated rings. The second-order valence-electron chi connectivity index (χ2n) is 10.5. The number of hydrogen-bond acceptors (Lipinski definition) is 7.